The fraction of sp³-hybridized carbons (Fsp3) is 0.636. The van der Waals surface area contributed by atoms with Crippen LogP contribution in [0.4, 0.5) is 5.69 Å². The lowest BCUT2D eigenvalue weighted by atomic mass is 9.52. The molecule has 0 amide bonds. The molecule has 1 aromatic rings. The molecule has 1 aliphatic heterocycles. The van der Waals surface area contributed by atoms with Crippen molar-refractivity contribution in [3.05, 3.63) is 28.8 Å². The molecular weight excluding hydrogens is 372 g/mol. The van der Waals surface area contributed by atoms with E-state index in [-0.39, 0.29) is 6.04 Å². The van der Waals surface area contributed by atoms with E-state index in [4.69, 9.17) is 11.6 Å². The van der Waals surface area contributed by atoms with Crippen LogP contribution in [0.2, 0.25) is 5.02 Å². The molecule has 4 fully saturated rings. The van der Waals surface area contributed by atoms with Crippen molar-refractivity contribution in [1.29, 1.82) is 5.26 Å². The SMILES string of the molecule is CC(/C(=N\C#N)NC1C2CC3CC1CC(O)(C3)C2)N1CCc2cc(Cl)ccc21. The van der Waals surface area contributed by atoms with Gasteiger partial charge in [0.1, 0.15) is 5.84 Å². The van der Waals surface area contributed by atoms with Crippen LogP contribution in [-0.2, 0) is 6.42 Å². The molecule has 4 saturated carbocycles. The molecule has 0 spiro atoms. The van der Waals surface area contributed by atoms with Crippen LogP contribution in [0.1, 0.15) is 44.6 Å². The second kappa shape index (κ2) is 6.64. The average Bonchev–Trinajstić information content (AvgIpc) is 3.04. The summed E-state index contributed by atoms with van der Waals surface area (Å²) in [6.07, 6.45) is 8.11. The van der Waals surface area contributed by atoms with Gasteiger partial charge in [0.15, 0.2) is 0 Å². The zero-order valence-electron chi connectivity index (χ0n) is 16.2. The first-order valence-electron chi connectivity index (χ1n) is 10.5. The van der Waals surface area contributed by atoms with Crippen molar-refractivity contribution in [3.8, 4) is 6.19 Å². The maximum Gasteiger partial charge on any atom is 0.207 e. The normalized spacial score (nSPS) is 36.9. The number of hydrogen-bond acceptors (Lipinski definition) is 4. The summed E-state index contributed by atoms with van der Waals surface area (Å²) < 4.78 is 0. The van der Waals surface area contributed by atoms with E-state index in [1.165, 1.54) is 24.1 Å². The molecule has 28 heavy (non-hydrogen) atoms. The topological polar surface area (TPSA) is 71.6 Å². The Bertz CT molecular complexity index is 847. The maximum absolute atomic E-state index is 10.8. The second-order valence-electron chi connectivity index (χ2n) is 9.35. The van der Waals surface area contributed by atoms with E-state index in [0.717, 1.165) is 43.1 Å². The fourth-order valence-electron chi connectivity index (χ4n) is 6.63. The van der Waals surface area contributed by atoms with Crippen LogP contribution >= 0.6 is 11.6 Å². The first-order valence-corrected chi connectivity index (χ1v) is 10.8. The van der Waals surface area contributed by atoms with Gasteiger partial charge in [0.25, 0.3) is 0 Å². The number of benzene rings is 1. The average molecular weight is 399 g/mol. The number of aliphatic imine (C=N–C) groups is 1. The van der Waals surface area contributed by atoms with Crippen LogP contribution < -0.4 is 10.2 Å². The van der Waals surface area contributed by atoms with Crippen molar-refractivity contribution in [2.45, 2.75) is 63.1 Å². The van der Waals surface area contributed by atoms with E-state index in [1.807, 2.05) is 18.3 Å². The smallest absolute Gasteiger partial charge is 0.207 e. The highest BCUT2D eigenvalue weighted by Gasteiger charge is 2.55. The Morgan fingerprint density at radius 1 is 1.36 bits per heavy atom. The van der Waals surface area contributed by atoms with Crippen LogP contribution in [0.15, 0.2) is 23.2 Å². The molecule has 4 bridgehead atoms. The number of fused-ring (bicyclic) bond motifs is 1. The summed E-state index contributed by atoms with van der Waals surface area (Å²) >= 11 is 6.15. The molecule has 2 N–H and O–H groups in total. The minimum absolute atomic E-state index is 0.00218. The zero-order valence-corrected chi connectivity index (χ0v) is 17.0. The molecule has 0 aromatic heterocycles. The van der Waals surface area contributed by atoms with Gasteiger partial charge in [-0.3, -0.25) is 0 Å². The summed E-state index contributed by atoms with van der Waals surface area (Å²) in [6, 6.07) is 6.36. The van der Waals surface area contributed by atoms with E-state index in [1.54, 1.807) is 0 Å². The first kappa shape index (κ1) is 18.3. The van der Waals surface area contributed by atoms with Gasteiger partial charge in [-0.25, -0.2) is 0 Å². The predicted octanol–water partition coefficient (Wildman–Crippen LogP) is 3.50. The molecule has 1 heterocycles. The standard InChI is InChI=1S/C22H27ClN4O/c1-13(27-5-4-15-8-18(23)2-3-19(15)27)21(25-12-24)26-20-16-6-14-7-17(20)11-22(28,9-14)10-16/h2-3,8,13-14,16-17,20,28H,4-7,9-11H2,1H3,(H,25,26). The van der Waals surface area contributed by atoms with Gasteiger partial charge >= 0.3 is 0 Å². The molecular formula is C22H27ClN4O. The lowest BCUT2D eigenvalue weighted by Gasteiger charge is -2.58. The highest BCUT2D eigenvalue weighted by Crippen LogP contribution is 2.55. The molecule has 5 nitrogen and oxygen atoms in total. The second-order valence-corrected chi connectivity index (χ2v) is 9.79. The van der Waals surface area contributed by atoms with Crippen molar-refractivity contribution >= 4 is 23.1 Å². The van der Waals surface area contributed by atoms with Gasteiger partial charge in [-0.15, -0.1) is 0 Å². The van der Waals surface area contributed by atoms with E-state index in [0.29, 0.717) is 23.8 Å². The summed E-state index contributed by atoms with van der Waals surface area (Å²) in [5, 5.41) is 24.6. The number of aliphatic hydroxyl groups is 1. The quantitative estimate of drug-likeness (QED) is 0.464. The largest absolute Gasteiger partial charge is 0.390 e. The Morgan fingerprint density at radius 3 is 2.79 bits per heavy atom. The Balaban J connectivity index is 1.37. The van der Waals surface area contributed by atoms with Crippen LogP contribution in [-0.4, -0.2) is 35.2 Å². The van der Waals surface area contributed by atoms with Gasteiger partial charge in [0.05, 0.1) is 11.6 Å². The van der Waals surface area contributed by atoms with E-state index in [2.05, 4.69) is 28.2 Å². The maximum atomic E-state index is 10.8. The molecule has 0 saturated heterocycles. The zero-order chi connectivity index (χ0) is 19.5. The summed E-state index contributed by atoms with van der Waals surface area (Å²) in [7, 11) is 0. The molecule has 3 unspecified atom stereocenters. The number of halogens is 1. The minimum atomic E-state index is -0.444. The first-order chi connectivity index (χ1) is 13.5. The van der Waals surface area contributed by atoms with Crippen molar-refractivity contribution in [2.24, 2.45) is 22.7 Å². The summed E-state index contributed by atoms with van der Waals surface area (Å²) in [5.74, 6) is 2.40. The van der Waals surface area contributed by atoms with Gasteiger partial charge < -0.3 is 15.3 Å². The monoisotopic (exact) mass is 398 g/mol. The van der Waals surface area contributed by atoms with Crippen molar-refractivity contribution < 1.29 is 5.11 Å². The van der Waals surface area contributed by atoms with Gasteiger partial charge in [-0.2, -0.15) is 10.3 Å². The summed E-state index contributed by atoms with van der Waals surface area (Å²) in [4.78, 5) is 6.53. The molecule has 6 rings (SSSR count). The number of anilines is 1. The molecule has 6 heteroatoms. The molecule has 0 radical (unpaired) electrons. The van der Waals surface area contributed by atoms with Crippen LogP contribution in [0.5, 0.6) is 0 Å². The highest BCUT2D eigenvalue weighted by atomic mass is 35.5. The lowest BCUT2D eigenvalue weighted by Crippen LogP contribution is -2.63. The molecule has 3 atom stereocenters. The highest BCUT2D eigenvalue weighted by molar-refractivity contribution is 6.30. The Kier molecular flexibility index (Phi) is 4.33. The van der Waals surface area contributed by atoms with Gasteiger partial charge in [0.2, 0.25) is 6.19 Å². The lowest BCUT2D eigenvalue weighted by molar-refractivity contribution is -0.136. The fourth-order valence-corrected chi connectivity index (χ4v) is 6.83. The summed E-state index contributed by atoms with van der Waals surface area (Å²) in [6.45, 7) is 3.03. The molecule has 4 aliphatic carbocycles. The Hall–Kier alpha value is -1.77. The Morgan fingerprint density at radius 2 is 2.11 bits per heavy atom. The molecule has 148 valence electrons. The van der Waals surface area contributed by atoms with Crippen LogP contribution in [0.25, 0.3) is 0 Å². The van der Waals surface area contributed by atoms with E-state index in [9.17, 15) is 10.4 Å². The third-order valence-electron chi connectivity index (χ3n) is 7.56. The number of nitrogens with one attached hydrogen (secondary N) is 1. The minimum Gasteiger partial charge on any atom is -0.390 e. The van der Waals surface area contributed by atoms with Crippen molar-refractivity contribution in [2.75, 3.05) is 11.4 Å². The number of nitrogens with zero attached hydrogens (tertiary/aromatic N) is 3. The van der Waals surface area contributed by atoms with Gasteiger partial charge in [-0.1, -0.05) is 11.6 Å². The number of amidine groups is 1. The van der Waals surface area contributed by atoms with Gasteiger partial charge in [0, 0.05) is 23.3 Å². The van der Waals surface area contributed by atoms with Gasteiger partial charge in [-0.05, 0) is 87.0 Å². The van der Waals surface area contributed by atoms with Crippen molar-refractivity contribution in [3.63, 3.8) is 0 Å². The third-order valence-corrected chi connectivity index (χ3v) is 7.80. The predicted molar refractivity (Wildman–Crippen MR) is 110 cm³/mol. The molecule has 5 aliphatic rings. The third kappa shape index (κ3) is 2.98. The van der Waals surface area contributed by atoms with Crippen molar-refractivity contribution in [1.82, 2.24) is 5.32 Å². The number of nitriles is 1. The molecule has 1 aromatic carbocycles. The van der Waals surface area contributed by atoms with Crippen LogP contribution in [0.3, 0.4) is 0 Å². The number of hydrogen-bond donors (Lipinski definition) is 2. The summed E-state index contributed by atoms with van der Waals surface area (Å²) in [5.41, 5.74) is 2.00. The number of rotatable bonds is 3. The van der Waals surface area contributed by atoms with E-state index >= 15 is 0 Å². The van der Waals surface area contributed by atoms with E-state index < -0.39 is 5.60 Å². The van der Waals surface area contributed by atoms with Crippen LogP contribution in [0, 0.1) is 29.2 Å². The Labute approximate surface area is 171 Å².